The number of H-pyrrole nitrogens is 1. The molecule has 1 aliphatic heterocycles. The molecule has 1 atom stereocenters. The van der Waals surface area contributed by atoms with Crippen molar-refractivity contribution >= 4 is 15.9 Å². The molecule has 2 heterocycles. The summed E-state index contributed by atoms with van der Waals surface area (Å²) in [5.41, 5.74) is 3.36. The van der Waals surface area contributed by atoms with Gasteiger partial charge in [0, 0.05) is 18.3 Å². The fourth-order valence-electron chi connectivity index (χ4n) is 3.77. The predicted octanol–water partition coefficient (Wildman–Crippen LogP) is 3.31. The maximum Gasteiger partial charge on any atom is 0.261 e. The summed E-state index contributed by atoms with van der Waals surface area (Å²) in [5.74, 6) is 0.373. The molecular formula is C22H24N4O5S. The molecule has 168 valence electrons. The molecular weight excluding hydrogens is 432 g/mol. The lowest BCUT2D eigenvalue weighted by Gasteiger charge is -2.27. The first-order valence-corrected chi connectivity index (χ1v) is 11.8. The van der Waals surface area contributed by atoms with Gasteiger partial charge in [-0.25, -0.2) is 13.9 Å². The number of nitrogens with one attached hydrogen (secondary N) is 2. The molecule has 32 heavy (non-hydrogen) atoms. The van der Waals surface area contributed by atoms with Gasteiger partial charge in [0.2, 0.25) is 10.0 Å². The van der Waals surface area contributed by atoms with E-state index in [1.165, 1.54) is 16.4 Å². The Balaban J connectivity index is 1.50. The second-order valence-corrected chi connectivity index (χ2v) is 9.40. The molecule has 0 bridgehead atoms. The number of sulfonamides is 1. The van der Waals surface area contributed by atoms with Crippen LogP contribution in [0.15, 0.2) is 65.7 Å². The van der Waals surface area contributed by atoms with Crippen LogP contribution in [0.4, 0.5) is 0 Å². The summed E-state index contributed by atoms with van der Waals surface area (Å²) in [7, 11) is -3.91. The molecule has 1 amide bonds. The van der Waals surface area contributed by atoms with E-state index in [0.29, 0.717) is 24.3 Å². The highest BCUT2D eigenvalue weighted by Crippen LogP contribution is 2.29. The van der Waals surface area contributed by atoms with Crippen molar-refractivity contribution < 1.29 is 23.2 Å². The van der Waals surface area contributed by atoms with Crippen LogP contribution in [-0.2, 0) is 14.8 Å². The first-order chi connectivity index (χ1) is 15.5. The van der Waals surface area contributed by atoms with E-state index in [0.717, 1.165) is 24.1 Å². The fourth-order valence-corrected chi connectivity index (χ4v) is 5.43. The third kappa shape index (κ3) is 4.67. The highest BCUT2D eigenvalue weighted by atomic mass is 32.2. The minimum atomic E-state index is -3.91. The Labute approximate surface area is 186 Å². The summed E-state index contributed by atoms with van der Waals surface area (Å²) in [6, 6.07) is 14.4. The van der Waals surface area contributed by atoms with Gasteiger partial charge in [-0.15, -0.1) is 0 Å². The third-order valence-corrected chi connectivity index (χ3v) is 7.36. The minimum Gasteiger partial charge on any atom is -0.457 e. The number of hydrogen-bond donors (Lipinski definition) is 3. The molecule has 1 fully saturated rings. The molecule has 9 nitrogen and oxygen atoms in total. The van der Waals surface area contributed by atoms with Gasteiger partial charge in [-0.05, 0) is 67.4 Å². The zero-order valence-corrected chi connectivity index (χ0v) is 18.1. The molecule has 0 radical (unpaired) electrons. The summed E-state index contributed by atoms with van der Waals surface area (Å²) < 4.78 is 33.4. The van der Waals surface area contributed by atoms with E-state index in [-0.39, 0.29) is 11.4 Å². The molecule has 0 saturated carbocycles. The summed E-state index contributed by atoms with van der Waals surface area (Å²) in [4.78, 5) is 12.1. The maximum absolute atomic E-state index is 13.2. The van der Waals surface area contributed by atoms with E-state index in [1.807, 2.05) is 30.3 Å². The molecule has 0 aliphatic carbocycles. The van der Waals surface area contributed by atoms with Crippen molar-refractivity contribution in [3.05, 3.63) is 60.8 Å². The van der Waals surface area contributed by atoms with Crippen LogP contribution in [0, 0.1) is 0 Å². The second-order valence-electron chi connectivity index (χ2n) is 7.51. The summed E-state index contributed by atoms with van der Waals surface area (Å²) in [6.45, 7) is 0.223. The van der Waals surface area contributed by atoms with E-state index in [4.69, 9.17) is 9.94 Å². The van der Waals surface area contributed by atoms with Crippen LogP contribution in [0.25, 0.3) is 11.3 Å². The Hall–Kier alpha value is -3.21. The van der Waals surface area contributed by atoms with Gasteiger partial charge in [0.15, 0.2) is 0 Å². The number of benzene rings is 2. The topological polar surface area (TPSA) is 125 Å². The standard InChI is InChI=1S/C22H24N4O5S/c27-22(25-28)21-4-2-1-3-15-26(21)32(29,30)19-11-9-18(10-12-19)31-17-7-5-16(6-8-17)20-13-14-23-24-20/h5-14,21,28H,1-4,15H2,(H,23,24)(H,25,27)/t21-/m1/s1. The van der Waals surface area contributed by atoms with E-state index in [9.17, 15) is 13.2 Å². The highest BCUT2D eigenvalue weighted by Gasteiger charge is 2.36. The van der Waals surface area contributed by atoms with Crippen molar-refractivity contribution in [2.24, 2.45) is 0 Å². The Kier molecular flexibility index (Phi) is 6.54. The number of amides is 1. The van der Waals surface area contributed by atoms with Crippen LogP contribution in [-0.4, -0.2) is 46.6 Å². The summed E-state index contributed by atoms with van der Waals surface area (Å²) in [5, 5.41) is 15.9. The van der Waals surface area contributed by atoms with E-state index in [2.05, 4.69) is 10.2 Å². The number of rotatable bonds is 6. The van der Waals surface area contributed by atoms with Crippen molar-refractivity contribution in [2.45, 2.75) is 36.6 Å². The van der Waals surface area contributed by atoms with Gasteiger partial charge in [0.1, 0.15) is 17.5 Å². The second kappa shape index (κ2) is 9.51. The van der Waals surface area contributed by atoms with Gasteiger partial charge < -0.3 is 4.74 Å². The molecule has 4 rings (SSSR count). The molecule has 2 aromatic carbocycles. The van der Waals surface area contributed by atoms with Crippen LogP contribution in [0.2, 0.25) is 0 Å². The van der Waals surface area contributed by atoms with E-state index in [1.54, 1.807) is 23.8 Å². The molecule has 3 aromatic rings. The Morgan fingerprint density at radius 1 is 1.03 bits per heavy atom. The molecule has 0 spiro atoms. The van der Waals surface area contributed by atoms with Crippen LogP contribution in [0.1, 0.15) is 25.7 Å². The average molecular weight is 457 g/mol. The third-order valence-electron chi connectivity index (χ3n) is 5.43. The van der Waals surface area contributed by atoms with Crippen LogP contribution < -0.4 is 10.2 Å². The van der Waals surface area contributed by atoms with Crippen LogP contribution in [0.5, 0.6) is 11.5 Å². The number of hydroxylamine groups is 1. The zero-order valence-electron chi connectivity index (χ0n) is 17.3. The fraction of sp³-hybridized carbons (Fsp3) is 0.273. The van der Waals surface area contributed by atoms with Gasteiger partial charge >= 0.3 is 0 Å². The van der Waals surface area contributed by atoms with Crippen molar-refractivity contribution in [1.82, 2.24) is 20.0 Å². The van der Waals surface area contributed by atoms with Gasteiger partial charge in [0.25, 0.3) is 5.91 Å². The smallest absolute Gasteiger partial charge is 0.261 e. The quantitative estimate of drug-likeness (QED) is 0.386. The molecule has 1 aromatic heterocycles. The number of nitrogens with zero attached hydrogens (tertiary/aromatic N) is 2. The van der Waals surface area contributed by atoms with Crippen molar-refractivity contribution in [2.75, 3.05) is 6.54 Å². The number of hydrogen-bond acceptors (Lipinski definition) is 6. The van der Waals surface area contributed by atoms with Gasteiger partial charge in [-0.2, -0.15) is 9.40 Å². The number of carbonyl (C=O) groups excluding carboxylic acids is 1. The Morgan fingerprint density at radius 2 is 1.72 bits per heavy atom. The van der Waals surface area contributed by atoms with Crippen molar-refractivity contribution in [3.63, 3.8) is 0 Å². The van der Waals surface area contributed by atoms with E-state index >= 15 is 0 Å². The number of aromatic amines is 1. The van der Waals surface area contributed by atoms with E-state index < -0.39 is 22.0 Å². The minimum absolute atomic E-state index is 0.0661. The first-order valence-electron chi connectivity index (χ1n) is 10.3. The number of ether oxygens (including phenoxy) is 1. The van der Waals surface area contributed by atoms with Gasteiger partial charge in [0.05, 0.1) is 10.6 Å². The molecule has 0 unspecified atom stereocenters. The monoisotopic (exact) mass is 456 g/mol. The average Bonchev–Trinajstić information content (AvgIpc) is 3.23. The first kappa shape index (κ1) is 22.0. The molecule has 10 heteroatoms. The number of carbonyl (C=O) groups is 1. The Bertz CT molecular complexity index is 1150. The number of aromatic nitrogens is 2. The van der Waals surface area contributed by atoms with Crippen LogP contribution in [0.3, 0.4) is 0 Å². The highest BCUT2D eigenvalue weighted by molar-refractivity contribution is 7.89. The Morgan fingerprint density at radius 3 is 2.34 bits per heavy atom. The van der Waals surface area contributed by atoms with Gasteiger partial charge in [-0.3, -0.25) is 15.1 Å². The van der Waals surface area contributed by atoms with Gasteiger partial charge in [-0.1, -0.05) is 12.8 Å². The summed E-state index contributed by atoms with van der Waals surface area (Å²) >= 11 is 0. The SMILES string of the molecule is O=C(NO)[C@H]1CCCCCN1S(=O)(=O)c1ccc(Oc2ccc(-c3cc[nH]n3)cc2)cc1. The zero-order chi connectivity index (χ0) is 22.6. The maximum atomic E-state index is 13.2. The summed E-state index contributed by atoms with van der Waals surface area (Å²) in [6.07, 6.45) is 4.31. The van der Waals surface area contributed by atoms with Crippen molar-refractivity contribution in [3.8, 4) is 22.8 Å². The van der Waals surface area contributed by atoms with Crippen molar-refractivity contribution in [1.29, 1.82) is 0 Å². The molecule has 1 saturated heterocycles. The normalized spacial score (nSPS) is 17.5. The lowest BCUT2D eigenvalue weighted by molar-refractivity contribution is -0.133. The largest absolute Gasteiger partial charge is 0.457 e. The lowest BCUT2D eigenvalue weighted by atomic mass is 10.1. The van der Waals surface area contributed by atoms with Crippen LogP contribution >= 0.6 is 0 Å². The predicted molar refractivity (Wildman–Crippen MR) is 117 cm³/mol. The molecule has 3 N–H and O–H groups in total. The molecule has 1 aliphatic rings. The lowest BCUT2D eigenvalue weighted by Crippen LogP contribution is -2.48.